The van der Waals surface area contributed by atoms with Crippen LogP contribution in [0.5, 0.6) is 11.5 Å². The second-order valence-electron chi connectivity index (χ2n) is 5.94. The number of ether oxygens (including phenoxy) is 2. The van der Waals surface area contributed by atoms with Crippen LogP contribution in [0.3, 0.4) is 0 Å². The Labute approximate surface area is 168 Å². The summed E-state index contributed by atoms with van der Waals surface area (Å²) in [7, 11) is 3.15. The van der Waals surface area contributed by atoms with Crippen LogP contribution >= 0.6 is 11.6 Å². The van der Waals surface area contributed by atoms with Gasteiger partial charge in [-0.05, 0) is 48.0 Å². The number of hydrogen-bond acceptors (Lipinski definition) is 5. The molecule has 2 N–H and O–H groups in total. The smallest absolute Gasteiger partial charge is 0.270 e. The molecule has 28 heavy (non-hydrogen) atoms. The highest BCUT2D eigenvalue weighted by molar-refractivity contribution is 6.30. The molecule has 0 saturated carbocycles. The summed E-state index contributed by atoms with van der Waals surface area (Å²) in [6.45, 7) is 0.340. The van der Waals surface area contributed by atoms with Crippen LogP contribution in [-0.4, -0.2) is 25.1 Å². The molecule has 0 radical (unpaired) electrons. The van der Waals surface area contributed by atoms with Crippen molar-refractivity contribution < 1.29 is 14.3 Å². The van der Waals surface area contributed by atoms with E-state index in [1.54, 1.807) is 50.7 Å². The first-order valence-corrected chi connectivity index (χ1v) is 8.94. The van der Waals surface area contributed by atoms with E-state index in [0.717, 1.165) is 16.9 Å². The number of nitrogens with one attached hydrogen (secondary N) is 2. The summed E-state index contributed by atoms with van der Waals surface area (Å²) in [5.74, 6) is 0.976. The summed E-state index contributed by atoms with van der Waals surface area (Å²) in [6.07, 6.45) is 1.58. The molecule has 3 rings (SSSR count). The summed E-state index contributed by atoms with van der Waals surface area (Å²) in [5, 5.41) is 6.70. The zero-order valence-corrected chi connectivity index (χ0v) is 16.3. The molecular formula is C21H20ClN3O3. The van der Waals surface area contributed by atoms with Crippen molar-refractivity contribution in [3.05, 3.63) is 77.1 Å². The average Bonchev–Trinajstić information content (AvgIpc) is 2.72. The topological polar surface area (TPSA) is 72.5 Å². The van der Waals surface area contributed by atoms with Gasteiger partial charge in [0.05, 0.1) is 14.2 Å². The molecule has 0 aliphatic heterocycles. The Bertz CT molecular complexity index is 979. The van der Waals surface area contributed by atoms with Gasteiger partial charge in [-0.15, -0.1) is 0 Å². The average molecular weight is 398 g/mol. The zero-order valence-electron chi connectivity index (χ0n) is 15.5. The monoisotopic (exact) mass is 397 g/mol. The van der Waals surface area contributed by atoms with Gasteiger partial charge in [-0.3, -0.25) is 9.78 Å². The van der Waals surface area contributed by atoms with Gasteiger partial charge in [-0.2, -0.15) is 0 Å². The Morgan fingerprint density at radius 1 is 1.00 bits per heavy atom. The number of hydrogen-bond donors (Lipinski definition) is 2. The van der Waals surface area contributed by atoms with E-state index in [0.29, 0.717) is 28.8 Å². The number of carbonyl (C=O) groups is 1. The number of rotatable bonds is 7. The van der Waals surface area contributed by atoms with Crippen LogP contribution in [0.15, 0.2) is 60.8 Å². The van der Waals surface area contributed by atoms with E-state index in [-0.39, 0.29) is 5.91 Å². The number of aromatic nitrogens is 1. The van der Waals surface area contributed by atoms with Gasteiger partial charge in [0.25, 0.3) is 5.91 Å². The predicted molar refractivity (Wildman–Crippen MR) is 110 cm³/mol. The summed E-state index contributed by atoms with van der Waals surface area (Å²) in [5.41, 5.74) is 2.77. The lowest BCUT2D eigenvalue weighted by Gasteiger charge is -2.11. The van der Waals surface area contributed by atoms with Crippen molar-refractivity contribution in [1.82, 2.24) is 10.3 Å². The molecule has 0 spiro atoms. The molecule has 1 heterocycles. The summed E-state index contributed by atoms with van der Waals surface area (Å²) < 4.78 is 10.5. The molecule has 0 fully saturated rings. The zero-order chi connectivity index (χ0) is 19.9. The number of anilines is 2. The fourth-order valence-electron chi connectivity index (χ4n) is 2.63. The fraction of sp³-hybridized carbons (Fsp3) is 0.143. The molecular weight excluding hydrogens is 378 g/mol. The number of nitrogens with zero attached hydrogens (tertiary/aromatic N) is 1. The molecule has 3 aromatic rings. The minimum Gasteiger partial charge on any atom is -0.493 e. The Balaban J connectivity index is 1.66. The van der Waals surface area contributed by atoms with Crippen LogP contribution in [0.4, 0.5) is 11.4 Å². The Morgan fingerprint density at radius 2 is 1.79 bits per heavy atom. The van der Waals surface area contributed by atoms with Gasteiger partial charge >= 0.3 is 0 Å². The van der Waals surface area contributed by atoms with Crippen molar-refractivity contribution in [1.29, 1.82) is 0 Å². The van der Waals surface area contributed by atoms with E-state index >= 15 is 0 Å². The number of pyridine rings is 1. The van der Waals surface area contributed by atoms with Crippen molar-refractivity contribution in [3.63, 3.8) is 0 Å². The first kappa shape index (κ1) is 19.5. The molecule has 0 aliphatic rings. The van der Waals surface area contributed by atoms with E-state index in [2.05, 4.69) is 15.6 Å². The van der Waals surface area contributed by atoms with Crippen molar-refractivity contribution >= 4 is 28.9 Å². The Morgan fingerprint density at radius 3 is 2.54 bits per heavy atom. The quantitative estimate of drug-likeness (QED) is 0.617. The molecule has 0 bridgehead atoms. The minimum absolute atomic E-state index is 0.274. The summed E-state index contributed by atoms with van der Waals surface area (Å²) in [6, 6.07) is 16.3. The van der Waals surface area contributed by atoms with E-state index in [9.17, 15) is 4.79 Å². The summed E-state index contributed by atoms with van der Waals surface area (Å²) >= 11 is 6.00. The maximum Gasteiger partial charge on any atom is 0.270 e. The molecule has 0 saturated heterocycles. The highest BCUT2D eigenvalue weighted by Gasteiger charge is 2.10. The van der Waals surface area contributed by atoms with E-state index < -0.39 is 0 Å². The maximum atomic E-state index is 12.5. The first-order chi connectivity index (χ1) is 13.6. The van der Waals surface area contributed by atoms with E-state index in [1.807, 2.05) is 24.3 Å². The Kier molecular flexibility index (Phi) is 6.34. The van der Waals surface area contributed by atoms with Crippen LogP contribution in [0, 0.1) is 0 Å². The standard InChI is InChI=1S/C21H20ClN3O3/c1-27-19-7-6-14(10-20(19)28-2)13-24-21(26)18-12-17(8-9-23-18)25-16-5-3-4-15(22)11-16/h3-12H,13H2,1-2H3,(H,23,25)(H,24,26). The van der Waals surface area contributed by atoms with Crippen LogP contribution in [0.1, 0.15) is 16.1 Å². The number of halogens is 1. The maximum absolute atomic E-state index is 12.5. The van der Waals surface area contributed by atoms with Crippen molar-refractivity contribution in [2.45, 2.75) is 6.54 Å². The van der Waals surface area contributed by atoms with Gasteiger partial charge in [0.1, 0.15) is 5.69 Å². The van der Waals surface area contributed by atoms with Gasteiger partial charge in [-0.25, -0.2) is 0 Å². The number of benzene rings is 2. The first-order valence-electron chi connectivity index (χ1n) is 8.57. The Hall–Kier alpha value is -3.25. The molecule has 2 aromatic carbocycles. The number of carbonyl (C=O) groups excluding carboxylic acids is 1. The van der Waals surface area contributed by atoms with Crippen LogP contribution in [-0.2, 0) is 6.54 Å². The number of methoxy groups -OCH3 is 2. The second kappa shape index (κ2) is 9.10. The van der Waals surface area contributed by atoms with Crippen molar-refractivity contribution in [2.75, 3.05) is 19.5 Å². The van der Waals surface area contributed by atoms with Gasteiger partial charge in [-0.1, -0.05) is 23.7 Å². The third-order valence-corrected chi connectivity index (χ3v) is 4.24. The molecule has 144 valence electrons. The van der Waals surface area contributed by atoms with Gasteiger partial charge in [0.15, 0.2) is 11.5 Å². The highest BCUT2D eigenvalue weighted by atomic mass is 35.5. The largest absolute Gasteiger partial charge is 0.493 e. The van der Waals surface area contributed by atoms with E-state index in [4.69, 9.17) is 21.1 Å². The predicted octanol–water partition coefficient (Wildman–Crippen LogP) is 4.43. The third-order valence-electron chi connectivity index (χ3n) is 4.01. The van der Waals surface area contributed by atoms with E-state index in [1.165, 1.54) is 0 Å². The molecule has 0 aliphatic carbocycles. The van der Waals surface area contributed by atoms with Crippen LogP contribution in [0.25, 0.3) is 0 Å². The SMILES string of the molecule is COc1ccc(CNC(=O)c2cc(Nc3cccc(Cl)c3)ccn2)cc1OC. The van der Waals surface area contributed by atoms with Gasteiger partial charge < -0.3 is 20.1 Å². The molecule has 0 atom stereocenters. The van der Waals surface area contributed by atoms with Crippen molar-refractivity contribution in [2.24, 2.45) is 0 Å². The summed E-state index contributed by atoms with van der Waals surface area (Å²) in [4.78, 5) is 16.6. The molecule has 6 nitrogen and oxygen atoms in total. The molecule has 7 heteroatoms. The minimum atomic E-state index is -0.274. The fourth-order valence-corrected chi connectivity index (χ4v) is 2.82. The molecule has 0 unspecified atom stereocenters. The lowest BCUT2D eigenvalue weighted by Crippen LogP contribution is -2.23. The van der Waals surface area contributed by atoms with Gasteiger partial charge in [0, 0.05) is 29.1 Å². The normalized spacial score (nSPS) is 10.2. The lowest BCUT2D eigenvalue weighted by molar-refractivity contribution is 0.0946. The lowest BCUT2D eigenvalue weighted by atomic mass is 10.2. The molecule has 1 aromatic heterocycles. The van der Waals surface area contributed by atoms with Crippen LogP contribution in [0.2, 0.25) is 5.02 Å². The number of amides is 1. The van der Waals surface area contributed by atoms with Crippen molar-refractivity contribution in [3.8, 4) is 11.5 Å². The highest BCUT2D eigenvalue weighted by Crippen LogP contribution is 2.27. The second-order valence-corrected chi connectivity index (χ2v) is 6.37. The van der Waals surface area contributed by atoms with Gasteiger partial charge in [0.2, 0.25) is 0 Å². The van der Waals surface area contributed by atoms with Crippen LogP contribution < -0.4 is 20.1 Å². The molecule has 1 amide bonds. The third kappa shape index (κ3) is 4.92.